The third-order valence-corrected chi connectivity index (χ3v) is 11.2. The second kappa shape index (κ2) is 10.6. The molecule has 0 amide bonds. The first-order valence-corrected chi connectivity index (χ1v) is 17.6. The highest BCUT2D eigenvalue weighted by atomic mass is 32.1. The predicted molar refractivity (Wildman–Crippen MR) is 212 cm³/mol. The van der Waals surface area contributed by atoms with Crippen molar-refractivity contribution in [2.75, 3.05) is 4.90 Å². The highest BCUT2D eigenvalue weighted by molar-refractivity contribution is 7.26. The molecule has 0 saturated carbocycles. The molecular weight excluding hydrogens is 631 g/mol. The number of para-hydroxylation sites is 1. The molecule has 3 nitrogen and oxygen atoms in total. The fourth-order valence-corrected chi connectivity index (χ4v) is 8.89. The molecule has 0 fully saturated rings. The van der Waals surface area contributed by atoms with E-state index < -0.39 is 0 Å². The van der Waals surface area contributed by atoms with Gasteiger partial charge in [-0.25, -0.2) is 0 Å². The van der Waals surface area contributed by atoms with Gasteiger partial charge in [0.25, 0.3) is 0 Å². The minimum atomic E-state index is 0.861. The zero-order chi connectivity index (χ0) is 32.8. The van der Waals surface area contributed by atoms with Crippen molar-refractivity contribution in [2.45, 2.75) is 0 Å². The van der Waals surface area contributed by atoms with Gasteiger partial charge in [0.05, 0.1) is 10.4 Å². The summed E-state index contributed by atoms with van der Waals surface area (Å²) in [5.41, 5.74) is 9.11. The molecule has 50 heavy (non-hydrogen) atoms. The topological polar surface area (TPSA) is 29.5 Å². The van der Waals surface area contributed by atoms with Gasteiger partial charge in [-0.2, -0.15) is 0 Å². The molecule has 0 saturated heterocycles. The van der Waals surface area contributed by atoms with Crippen molar-refractivity contribution < 1.29 is 8.83 Å². The lowest BCUT2D eigenvalue weighted by atomic mass is 10.0. The van der Waals surface area contributed by atoms with Gasteiger partial charge in [-0.05, 0) is 76.5 Å². The van der Waals surface area contributed by atoms with Crippen LogP contribution in [-0.2, 0) is 0 Å². The van der Waals surface area contributed by atoms with E-state index in [1.807, 2.05) is 17.4 Å². The Kier molecular flexibility index (Phi) is 5.83. The summed E-state index contributed by atoms with van der Waals surface area (Å²) >= 11 is 1.81. The molecule has 0 aliphatic heterocycles. The second-order valence-electron chi connectivity index (χ2n) is 12.9. The van der Waals surface area contributed by atoms with Crippen LogP contribution < -0.4 is 4.90 Å². The lowest BCUT2D eigenvalue weighted by molar-refractivity contribution is 0.669. The van der Waals surface area contributed by atoms with Gasteiger partial charge in [-0.3, -0.25) is 0 Å². The number of anilines is 3. The number of rotatable bonds is 4. The van der Waals surface area contributed by atoms with Crippen LogP contribution >= 0.6 is 11.3 Å². The molecule has 0 aliphatic rings. The number of hydrogen-bond acceptors (Lipinski definition) is 4. The fourth-order valence-electron chi connectivity index (χ4n) is 7.69. The number of fused-ring (bicyclic) bond motifs is 11. The summed E-state index contributed by atoms with van der Waals surface area (Å²) in [6, 6.07) is 58.3. The monoisotopic (exact) mass is 657 g/mol. The van der Waals surface area contributed by atoms with Gasteiger partial charge in [0.1, 0.15) is 22.3 Å². The largest absolute Gasteiger partial charge is 0.456 e. The zero-order valence-electron chi connectivity index (χ0n) is 26.8. The van der Waals surface area contributed by atoms with Gasteiger partial charge in [0.2, 0.25) is 0 Å². The van der Waals surface area contributed by atoms with Crippen LogP contribution in [0.25, 0.3) is 85.9 Å². The Labute approximate surface area is 290 Å². The Morgan fingerprint density at radius 3 is 2.02 bits per heavy atom. The molecule has 0 aliphatic carbocycles. The average Bonchev–Trinajstić information content (AvgIpc) is 3.85. The molecule has 0 spiro atoms. The Morgan fingerprint density at radius 2 is 1.12 bits per heavy atom. The molecule has 0 atom stereocenters. The van der Waals surface area contributed by atoms with Crippen LogP contribution in [-0.4, -0.2) is 0 Å². The van der Waals surface area contributed by atoms with Gasteiger partial charge in [-0.1, -0.05) is 103 Å². The molecule has 4 heteroatoms. The minimum Gasteiger partial charge on any atom is -0.456 e. The summed E-state index contributed by atoms with van der Waals surface area (Å²) < 4.78 is 15.7. The van der Waals surface area contributed by atoms with E-state index in [0.29, 0.717) is 0 Å². The fraction of sp³-hybridized carbons (Fsp3) is 0. The Morgan fingerprint density at radius 1 is 0.420 bits per heavy atom. The Hall–Kier alpha value is -6.36. The smallest absolute Gasteiger partial charge is 0.144 e. The summed E-state index contributed by atoms with van der Waals surface area (Å²) in [7, 11) is 0. The van der Waals surface area contributed by atoms with Gasteiger partial charge in [0, 0.05) is 54.5 Å². The van der Waals surface area contributed by atoms with Gasteiger partial charge in [-0.15, -0.1) is 11.3 Å². The zero-order valence-corrected chi connectivity index (χ0v) is 27.6. The van der Waals surface area contributed by atoms with E-state index in [0.717, 1.165) is 71.9 Å². The second-order valence-corrected chi connectivity index (χ2v) is 14.0. The number of hydrogen-bond donors (Lipinski definition) is 0. The molecule has 0 unspecified atom stereocenters. The van der Waals surface area contributed by atoms with E-state index in [9.17, 15) is 0 Å². The molecule has 3 aromatic heterocycles. The van der Waals surface area contributed by atoms with Crippen LogP contribution in [0.2, 0.25) is 0 Å². The van der Waals surface area contributed by atoms with Crippen LogP contribution in [0.3, 0.4) is 0 Å². The van der Waals surface area contributed by atoms with E-state index in [2.05, 4.69) is 163 Å². The van der Waals surface area contributed by atoms with Crippen molar-refractivity contribution in [3.05, 3.63) is 164 Å². The maximum atomic E-state index is 6.65. The predicted octanol–water partition coefficient (Wildman–Crippen LogP) is 14.1. The standard InChI is InChI=1S/C46H27NO2S/c1-2-11-28(12-3-1)29-15-10-16-32(23-29)47(33-21-22-35-37-24-30-13-4-5-14-31(30)25-41(37)48-42(35)26-33)39-27-38-34-17-6-8-19-40(34)49-45(38)44-36-18-7-9-20-43(36)50-46(39)44/h1-27H. The molecule has 11 rings (SSSR count). The van der Waals surface area contributed by atoms with Crippen molar-refractivity contribution in [1.82, 2.24) is 0 Å². The van der Waals surface area contributed by atoms with Crippen LogP contribution in [0.5, 0.6) is 0 Å². The summed E-state index contributed by atoms with van der Waals surface area (Å²) in [5, 5.41) is 9.18. The minimum absolute atomic E-state index is 0.861. The first kappa shape index (κ1) is 27.6. The van der Waals surface area contributed by atoms with Gasteiger partial charge in [0.15, 0.2) is 0 Å². The third-order valence-electron chi connectivity index (χ3n) is 10.0. The first-order valence-electron chi connectivity index (χ1n) is 16.8. The quantitative estimate of drug-likeness (QED) is 0.189. The highest BCUT2D eigenvalue weighted by Crippen LogP contribution is 2.50. The maximum Gasteiger partial charge on any atom is 0.144 e. The van der Waals surface area contributed by atoms with Crippen molar-refractivity contribution in [1.29, 1.82) is 0 Å². The lowest BCUT2D eigenvalue weighted by Crippen LogP contribution is -2.10. The SMILES string of the molecule is c1ccc(-c2cccc(N(c3ccc4c(c3)oc3cc5ccccc5cc34)c3cc4c5ccccc5oc4c4c3sc3ccccc34)c2)cc1. The molecule has 0 bridgehead atoms. The molecule has 8 aromatic carbocycles. The highest BCUT2D eigenvalue weighted by Gasteiger charge is 2.24. The normalized spacial score (nSPS) is 12.0. The third kappa shape index (κ3) is 4.09. The molecule has 0 N–H and O–H groups in total. The van der Waals surface area contributed by atoms with Gasteiger partial charge >= 0.3 is 0 Å². The molecule has 3 heterocycles. The van der Waals surface area contributed by atoms with Crippen LogP contribution in [0.1, 0.15) is 0 Å². The summed E-state index contributed by atoms with van der Waals surface area (Å²) in [6.07, 6.45) is 0. The van der Waals surface area contributed by atoms with Crippen molar-refractivity contribution >= 4 is 103 Å². The van der Waals surface area contributed by atoms with E-state index in [1.165, 1.54) is 31.1 Å². The molecule has 11 aromatic rings. The Balaban J connectivity index is 1.23. The number of thiophene rings is 1. The van der Waals surface area contributed by atoms with Crippen LogP contribution in [0, 0.1) is 0 Å². The molecule has 0 radical (unpaired) electrons. The molecule has 234 valence electrons. The lowest BCUT2D eigenvalue weighted by Gasteiger charge is -2.27. The number of furan rings is 2. The van der Waals surface area contributed by atoms with Crippen molar-refractivity contribution in [2.24, 2.45) is 0 Å². The summed E-state index contributed by atoms with van der Waals surface area (Å²) in [4.78, 5) is 2.40. The Bertz CT molecular complexity index is 3110. The van der Waals surface area contributed by atoms with Crippen molar-refractivity contribution in [3.63, 3.8) is 0 Å². The van der Waals surface area contributed by atoms with E-state index >= 15 is 0 Å². The summed E-state index contributed by atoms with van der Waals surface area (Å²) in [5.74, 6) is 0. The van der Waals surface area contributed by atoms with Crippen LogP contribution in [0.15, 0.2) is 173 Å². The van der Waals surface area contributed by atoms with Crippen molar-refractivity contribution in [3.8, 4) is 11.1 Å². The number of nitrogens with zero attached hydrogens (tertiary/aromatic N) is 1. The first-order chi connectivity index (χ1) is 24.8. The van der Waals surface area contributed by atoms with E-state index in [-0.39, 0.29) is 0 Å². The summed E-state index contributed by atoms with van der Waals surface area (Å²) in [6.45, 7) is 0. The van der Waals surface area contributed by atoms with Crippen LogP contribution in [0.4, 0.5) is 17.1 Å². The van der Waals surface area contributed by atoms with Gasteiger partial charge < -0.3 is 13.7 Å². The maximum absolute atomic E-state index is 6.65. The van der Waals surface area contributed by atoms with E-state index in [4.69, 9.17) is 8.83 Å². The molecular formula is C46H27NO2S. The number of benzene rings is 8. The van der Waals surface area contributed by atoms with E-state index in [1.54, 1.807) is 0 Å². The average molecular weight is 658 g/mol.